The maximum atomic E-state index is 2.23. The summed E-state index contributed by atoms with van der Waals surface area (Å²) in [6.45, 7) is 0. The monoisotopic (exact) mass is 258 g/mol. The second-order valence-electron chi connectivity index (χ2n) is 4.43. The van der Waals surface area contributed by atoms with Crippen molar-refractivity contribution in [3.05, 3.63) is 84.9 Å². The first-order valence-electron chi connectivity index (χ1n) is 6.39. The van der Waals surface area contributed by atoms with Gasteiger partial charge >= 0.3 is 0 Å². The van der Waals surface area contributed by atoms with E-state index in [4.69, 9.17) is 0 Å². The van der Waals surface area contributed by atoms with Crippen molar-refractivity contribution >= 4 is 19.9 Å². The highest BCUT2D eigenvalue weighted by atomic mass is 28.2. The number of benzene rings is 3. The molecule has 0 bridgehead atoms. The molecule has 19 heavy (non-hydrogen) atoms. The molecular weight excluding hydrogens is 244 g/mol. The summed E-state index contributed by atoms with van der Waals surface area (Å²) in [6, 6.07) is 30.0. The third kappa shape index (κ3) is 3.01. The van der Waals surface area contributed by atoms with E-state index in [1.165, 1.54) is 21.5 Å². The Morgan fingerprint density at radius 2 is 0.895 bits per heavy atom. The zero-order valence-electron chi connectivity index (χ0n) is 10.6. The first-order chi connectivity index (χ1) is 9.42. The van der Waals surface area contributed by atoms with Crippen molar-refractivity contribution < 1.29 is 0 Å². The van der Waals surface area contributed by atoms with E-state index >= 15 is 0 Å². The second kappa shape index (κ2) is 5.68. The summed E-state index contributed by atoms with van der Waals surface area (Å²) in [5, 5.41) is 2.76. The van der Waals surface area contributed by atoms with Crippen LogP contribution in [0.1, 0.15) is 0 Å². The van der Waals surface area contributed by atoms with Crippen LogP contribution in [0.4, 0.5) is 0 Å². The normalized spacial score (nSPS) is 10.3. The molecule has 0 nitrogen and oxygen atoms in total. The van der Waals surface area contributed by atoms with Gasteiger partial charge in [-0.25, -0.2) is 0 Å². The minimum absolute atomic E-state index is 0.731. The van der Waals surface area contributed by atoms with E-state index in [9.17, 15) is 0 Å². The lowest BCUT2D eigenvalue weighted by Crippen LogP contribution is -2.26. The van der Waals surface area contributed by atoms with Crippen LogP contribution in [0.25, 0.3) is 11.1 Å². The van der Waals surface area contributed by atoms with Crippen molar-refractivity contribution in [1.82, 2.24) is 0 Å². The Morgan fingerprint density at radius 3 is 1.53 bits per heavy atom. The molecule has 0 spiro atoms. The molecule has 3 rings (SSSR count). The number of rotatable bonds is 3. The highest BCUT2D eigenvalue weighted by molar-refractivity contribution is 6.67. The number of hydrogen-bond donors (Lipinski definition) is 0. The molecule has 0 fully saturated rings. The highest BCUT2D eigenvalue weighted by Gasteiger charge is 1.99. The van der Waals surface area contributed by atoms with E-state index in [0.29, 0.717) is 0 Å². The summed E-state index contributed by atoms with van der Waals surface area (Å²) in [7, 11) is 0.731. The van der Waals surface area contributed by atoms with Gasteiger partial charge in [0.05, 0.1) is 0 Å². The zero-order valence-corrected chi connectivity index (χ0v) is 11.6. The van der Waals surface area contributed by atoms with Crippen LogP contribution < -0.4 is 10.4 Å². The average Bonchev–Trinajstić information content (AvgIpc) is 2.50. The summed E-state index contributed by atoms with van der Waals surface area (Å²) < 4.78 is 0. The maximum absolute atomic E-state index is 2.23. The fourth-order valence-electron chi connectivity index (χ4n) is 2.06. The molecule has 0 aliphatic carbocycles. The fourth-order valence-corrected chi connectivity index (χ4v) is 3.09. The molecule has 3 aromatic rings. The zero-order chi connectivity index (χ0) is 12.9. The average molecular weight is 258 g/mol. The molecule has 1 heteroatoms. The molecule has 0 N–H and O–H groups in total. The third-order valence-corrected chi connectivity index (χ3v) is 4.30. The largest absolute Gasteiger partial charge is 0.121 e. The first kappa shape index (κ1) is 11.9. The molecular formula is C18H14Si. The molecule has 0 unspecified atom stereocenters. The molecule has 90 valence electrons. The van der Waals surface area contributed by atoms with Gasteiger partial charge in [0.15, 0.2) is 0 Å². The van der Waals surface area contributed by atoms with Crippen LogP contribution in [0.5, 0.6) is 0 Å². The lowest BCUT2D eigenvalue weighted by Gasteiger charge is -2.04. The van der Waals surface area contributed by atoms with E-state index < -0.39 is 0 Å². The SMILES string of the molecule is c1ccc([Si]c2ccc(-c3ccccc3)cc2)cc1. The fraction of sp³-hybridized carbons (Fsp3) is 0. The molecule has 3 aromatic carbocycles. The van der Waals surface area contributed by atoms with Crippen LogP contribution in [-0.4, -0.2) is 9.52 Å². The predicted octanol–water partition coefficient (Wildman–Crippen LogP) is 3.01. The Hall–Kier alpha value is -2.12. The minimum Gasteiger partial charge on any atom is -0.0631 e. The minimum atomic E-state index is 0.731. The predicted molar refractivity (Wildman–Crippen MR) is 83.3 cm³/mol. The van der Waals surface area contributed by atoms with Crippen LogP contribution in [0, 0.1) is 0 Å². The lowest BCUT2D eigenvalue weighted by molar-refractivity contribution is 1.63. The van der Waals surface area contributed by atoms with E-state index in [2.05, 4.69) is 84.9 Å². The van der Waals surface area contributed by atoms with Crippen LogP contribution in [0.3, 0.4) is 0 Å². The van der Waals surface area contributed by atoms with Crippen molar-refractivity contribution in [2.24, 2.45) is 0 Å². The van der Waals surface area contributed by atoms with Crippen molar-refractivity contribution in [2.45, 2.75) is 0 Å². The molecule has 0 aliphatic heterocycles. The van der Waals surface area contributed by atoms with Crippen LogP contribution in [0.15, 0.2) is 84.9 Å². The van der Waals surface area contributed by atoms with Gasteiger partial charge < -0.3 is 0 Å². The standard InChI is InChI=1S/C18H14Si/c1-3-7-15(8-4-1)16-11-13-18(14-12-16)19-17-9-5-2-6-10-17/h1-14H. The van der Waals surface area contributed by atoms with E-state index in [-0.39, 0.29) is 0 Å². The Morgan fingerprint density at radius 1 is 0.421 bits per heavy atom. The van der Waals surface area contributed by atoms with Gasteiger partial charge in [0.1, 0.15) is 9.52 Å². The van der Waals surface area contributed by atoms with Gasteiger partial charge in [0.2, 0.25) is 0 Å². The Balaban J connectivity index is 1.80. The Labute approximate surface area is 116 Å². The number of hydrogen-bond acceptors (Lipinski definition) is 0. The van der Waals surface area contributed by atoms with Crippen LogP contribution in [-0.2, 0) is 0 Å². The molecule has 0 saturated heterocycles. The Kier molecular flexibility index (Phi) is 3.57. The molecule has 0 saturated carbocycles. The maximum Gasteiger partial charge on any atom is 0.121 e. The summed E-state index contributed by atoms with van der Waals surface area (Å²) in [5.74, 6) is 0. The van der Waals surface area contributed by atoms with E-state index in [1.807, 2.05) is 0 Å². The topological polar surface area (TPSA) is 0 Å². The summed E-state index contributed by atoms with van der Waals surface area (Å²) >= 11 is 0. The van der Waals surface area contributed by atoms with Crippen molar-refractivity contribution in [3.8, 4) is 11.1 Å². The van der Waals surface area contributed by atoms with Gasteiger partial charge in [0.25, 0.3) is 0 Å². The van der Waals surface area contributed by atoms with Crippen molar-refractivity contribution in [3.63, 3.8) is 0 Å². The van der Waals surface area contributed by atoms with Crippen molar-refractivity contribution in [2.75, 3.05) is 0 Å². The molecule has 0 heterocycles. The van der Waals surface area contributed by atoms with E-state index in [0.717, 1.165) is 9.52 Å². The molecule has 0 atom stereocenters. The van der Waals surface area contributed by atoms with Gasteiger partial charge in [-0.1, -0.05) is 95.3 Å². The molecule has 0 aromatic heterocycles. The van der Waals surface area contributed by atoms with Crippen LogP contribution >= 0.6 is 0 Å². The first-order valence-corrected chi connectivity index (χ1v) is 7.39. The summed E-state index contributed by atoms with van der Waals surface area (Å²) in [4.78, 5) is 0. The summed E-state index contributed by atoms with van der Waals surface area (Å²) in [5.41, 5.74) is 2.55. The van der Waals surface area contributed by atoms with Gasteiger partial charge in [-0.3, -0.25) is 0 Å². The van der Waals surface area contributed by atoms with Crippen molar-refractivity contribution in [1.29, 1.82) is 0 Å². The van der Waals surface area contributed by atoms with Gasteiger partial charge in [-0.05, 0) is 11.1 Å². The van der Waals surface area contributed by atoms with Gasteiger partial charge in [0, 0.05) is 0 Å². The molecule has 2 radical (unpaired) electrons. The van der Waals surface area contributed by atoms with Gasteiger partial charge in [-0.15, -0.1) is 0 Å². The lowest BCUT2D eigenvalue weighted by atomic mass is 10.1. The smallest absolute Gasteiger partial charge is 0.0631 e. The van der Waals surface area contributed by atoms with Crippen LogP contribution in [0.2, 0.25) is 0 Å². The molecule has 0 amide bonds. The molecule has 0 aliphatic rings. The summed E-state index contributed by atoms with van der Waals surface area (Å²) in [6.07, 6.45) is 0. The quantitative estimate of drug-likeness (QED) is 0.634. The Bertz CT molecular complexity index is 628. The van der Waals surface area contributed by atoms with Gasteiger partial charge in [-0.2, -0.15) is 0 Å². The second-order valence-corrected chi connectivity index (χ2v) is 5.84. The van der Waals surface area contributed by atoms with E-state index in [1.54, 1.807) is 0 Å². The highest BCUT2D eigenvalue weighted by Crippen LogP contribution is 2.16. The third-order valence-electron chi connectivity index (χ3n) is 3.05.